The number of likely N-dealkylation sites (tertiary alicyclic amines) is 1. The number of anilines is 4. The van der Waals surface area contributed by atoms with Gasteiger partial charge in [-0.2, -0.15) is 4.98 Å². The molecule has 0 bridgehead atoms. The van der Waals surface area contributed by atoms with Crippen molar-refractivity contribution >= 4 is 41.0 Å². The molecule has 1 unspecified atom stereocenters. The third-order valence-corrected chi connectivity index (χ3v) is 6.62. The molecule has 3 amide bonds. The number of benzene rings is 1. The molecule has 5 N–H and O–H groups in total. The van der Waals surface area contributed by atoms with Gasteiger partial charge in [0, 0.05) is 70.3 Å². The highest BCUT2D eigenvalue weighted by atomic mass is 16.4. The lowest BCUT2D eigenvalue weighted by Gasteiger charge is -2.35. The van der Waals surface area contributed by atoms with Gasteiger partial charge in [-0.3, -0.25) is 9.59 Å². The van der Waals surface area contributed by atoms with Crippen LogP contribution in [0.1, 0.15) is 30.1 Å². The maximum Gasteiger partial charge on any atom is 0.407 e. The van der Waals surface area contributed by atoms with Crippen LogP contribution in [0.2, 0.25) is 0 Å². The summed E-state index contributed by atoms with van der Waals surface area (Å²) in [7, 11) is 0. The molecule has 192 valence electrons. The summed E-state index contributed by atoms with van der Waals surface area (Å²) in [4.78, 5) is 48.9. The first-order valence-corrected chi connectivity index (χ1v) is 12.1. The van der Waals surface area contributed by atoms with Crippen molar-refractivity contribution in [2.75, 3.05) is 61.3 Å². The largest absolute Gasteiger partial charge is 0.465 e. The first-order chi connectivity index (χ1) is 17.3. The Kier molecular flexibility index (Phi) is 7.71. The quantitative estimate of drug-likeness (QED) is 0.448. The van der Waals surface area contributed by atoms with E-state index in [1.807, 2.05) is 29.2 Å². The summed E-state index contributed by atoms with van der Waals surface area (Å²) < 4.78 is 0. The summed E-state index contributed by atoms with van der Waals surface area (Å²) in [6.45, 7) is 6.01. The van der Waals surface area contributed by atoms with E-state index in [0.717, 1.165) is 37.3 Å². The second kappa shape index (κ2) is 11.1. The molecule has 2 aliphatic heterocycles. The van der Waals surface area contributed by atoms with Crippen LogP contribution in [0.5, 0.6) is 0 Å². The summed E-state index contributed by atoms with van der Waals surface area (Å²) in [6, 6.07) is 7.85. The number of hydrogen-bond acceptors (Lipinski definition) is 8. The van der Waals surface area contributed by atoms with Crippen molar-refractivity contribution in [3.63, 3.8) is 0 Å². The third kappa shape index (κ3) is 6.12. The minimum Gasteiger partial charge on any atom is -0.465 e. The van der Waals surface area contributed by atoms with Crippen molar-refractivity contribution in [3.8, 4) is 0 Å². The van der Waals surface area contributed by atoms with Crippen LogP contribution in [0.25, 0.3) is 0 Å². The number of carbonyl (C=O) groups excluding carboxylic acids is 2. The summed E-state index contributed by atoms with van der Waals surface area (Å²) in [5.74, 6) is 0.181. The minimum atomic E-state index is -0.921. The van der Waals surface area contributed by atoms with E-state index in [-0.39, 0.29) is 17.4 Å². The van der Waals surface area contributed by atoms with Gasteiger partial charge in [0.25, 0.3) is 5.91 Å². The van der Waals surface area contributed by atoms with E-state index in [1.54, 1.807) is 6.92 Å². The number of amides is 3. The standard InChI is InChI=1S/C24H32N8O4/c1-16(33)30-9-11-31(12-10-30)19-6-4-18(5-7-19)28-23-27-14-20(21(25)34)22(29-23)26-13-17-3-2-8-32(15-17)24(35)36/h4-7,14,17H,2-3,8-13,15H2,1H3,(H2,25,34)(H,35,36)(H2,26,27,28,29). The van der Waals surface area contributed by atoms with E-state index < -0.39 is 12.0 Å². The van der Waals surface area contributed by atoms with Crippen LogP contribution in [-0.2, 0) is 4.79 Å². The number of carboxylic acid groups (broad SMARTS) is 1. The van der Waals surface area contributed by atoms with Gasteiger partial charge in [0.1, 0.15) is 5.82 Å². The molecule has 0 aliphatic carbocycles. The summed E-state index contributed by atoms with van der Waals surface area (Å²) in [5.41, 5.74) is 7.53. The minimum absolute atomic E-state index is 0.103. The molecule has 2 aliphatic rings. The lowest BCUT2D eigenvalue weighted by atomic mass is 9.98. The molecule has 1 atom stereocenters. The molecule has 3 heterocycles. The SMILES string of the molecule is CC(=O)N1CCN(c2ccc(Nc3ncc(C(N)=O)c(NCC4CCCN(C(=O)O)C4)n3)cc2)CC1. The molecule has 1 aromatic carbocycles. The number of aromatic nitrogens is 2. The second-order valence-electron chi connectivity index (χ2n) is 9.10. The lowest BCUT2D eigenvalue weighted by molar-refractivity contribution is -0.129. The predicted molar refractivity (Wildman–Crippen MR) is 136 cm³/mol. The molecule has 2 aromatic rings. The van der Waals surface area contributed by atoms with Crippen LogP contribution in [0.4, 0.5) is 27.9 Å². The molecule has 0 radical (unpaired) electrons. The molecule has 0 spiro atoms. The van der Waals surface area contributed by atoms with Crippen molar-refractivity contribution < 1.29 is 19.5 Å². The van der Waals surface area contributed by atoms with E-state index in [0.29, 0.717) is 44.5 Å². The molecule has 12 heteroatoms. The van der Waals surface area contributed by atoms with Gasteiger partial charge in [0.05, 0.1) is 5.56 Å². The lowest BCUT2D eigenvalue weighted by Crippen LogP contribution is -2.48. The van der Waals surface area contributed by atoms with Gasteiger partial charge < -0.3 is 36.2 Å². The Hall–Kier alpha value is -4.09. The maximum absolute atomic E-state index is 11.9. The van der Waals surface area contributed by atoms with E-state index in [9.17, 15) is 19.5 Å². The number of carbonyl (C=O) groups is 3. The maximum atomic E-state index is 11.9. The number of nitrogens with one attached hydrogen (secondary N) is 2. The smallest absolute Gasteiger partial charge is 0.407 e. The summed E-state index contributed by atoms with van der Waals surface area (Å²) in [5, 5.41) is 15.6. The van der Waals surface area contributed by atoms with Crippen LogP contribution in [0.15, 0.2) is 30.5 Å². The molecule has 36 heavy (non-hydrogen) atoms. The highest BCUT2D eigenvalue weighted by Gasteiger charge is 2.24. The highest BCUT2D eigenvalue weighted by molar-refractivity contribution is 5.97. The molecule has 0 saturated carbocycles. The van der Waals surface area contributed by atoms with Gasteiger partial charge in [-0.05, 0) is 43.0 Å². The fraction of sp³-hybridized carbons (Fsp3) is 0.458. The number of hydrogen-bond donors (Lipinski definition) is 4. The zero-order valence-electron chi connectivity index (χ0n) is 20.3. The number of nitrogens with two attached hydrogens (primary N) is 1. The molecule has 4 rings (SSSR count). The number of piperidine rings is 1. The number of rotatable bonds is 7. The van der Waals surface area contributed by atoms with E-state index in [2.05, 4.69) is 25.5 Å². The van der Waals surface area contributed by atoms with Crippen molar-refractivity contribution in [1.82, 2.24) is 19.8 Å². The topological polar surface area (TPSA) is 157 Å². The average Bonchev–Trinajstić information content (AvgIpc) is 2.88. The molecular weight excluding hydrogens is 464 g/mol. The van der Waals surface area contributed by atoms with Crippen molar-refractivity contribution in [2.45, 2.75) is 19.8 Å². The fourth-order valence-electron chi connectivity index (χ4n) is 4.57. The number of primary amides is 1. The highest BCUT2D eigenvalue weighted by Crippen LogP contribution is 2.23. The first-order valence-electron chi connectivity index (χ1n) is 12.1. The second-order valence-corrected chi connectivity index (χ2v) is 9.10. The Morgan fingerprint density at radius 1 is 1.08 bits per heavy atom. The van der Waals surface area contributed by atoms with Crippen LogP contribution in [-0.4, -0.2) is 88.6 Å². The van der Waals surface area contributed by atoms with Crippen molar-refractivity contribution in [1.29, 1.82) is 0 Å². The molecule has 2 saturated heterocycles. The summed E-state index contributed by atoms with van der Waals surface area (Å²) in [6.07, 6.45) is 2.14. The Labute approximate surface area is 209 Å². The van der Waals surface area contributed by atoms with Gasteiger partial charge in [-0.25, -0.2) is 9.78 Å². The molecule has 2 fully saturated rings. The van der Waals surface area contributed by atoms with Gasteiger partial charge in [-0.1, -0.05) is 0 Å². The van der Waals surface area contributed by atoms with E-state index >= 15 is 0 Å². The Morgan fingerprint density at radius 2 is 1.81 bits per heavy atom. The zero-order chi connectivity index (χ0) is 25.7. The van der Waals surface area contributed by atoms with Gasteiger partial charge in [0.15, 0.2) is 0 Å². The Balaban J connectivity index is 1.39. The van der Waals surface area contributed by atoms with E-state index in [1.165, 1.54) is 11.1 Å². The van der Waals surface area contributed by atoms with Gasteiger partial charge in [0.2, 0.25) is 11.9 Å². The normalized spacial score (nSPS) is 18.0. The molecule has 12 nitrogen and oxygen atoms in total. The van der Waals surface area contributed by atoms with Crippen LogP contribution in [0.3, 0.4) is 0 Å². The number of nitrogens with zero attached hydrogens (tertiary/aromatic N) is 5. The average molecular weight is 497 g/mol. The van der Waals surface area contributed by atoms with Crippen LogP contribution in [0, 0.1) is 5.92 Å². The molecule has 1 aromatic heterocycles. The van der Waals surface area contributed by atoms with Crippen LogP contribution < -0.4 is 21.3 Å². The van der Waals surface area contributed by atoms with Crippen molar-refractivity contribution in [3.05, 3.63) is 36.0 Å². The van der Waals surface area contributed by atoms with Gasteiger partial charge >= 0.3 is 6.09 Å². The first kappa shape index (κ1) is 25.0. The Morgan fingerprint density at radius 3 is 2.44 bits per heavy atom. The number of piperazine rings is 1. The predicted octanol–water partition coefficient (Wildman–Crippen LogP) is 1.79. The molecular formula is C24H32N8O4. The van der Waals surface area contributed by atoms with Crippen molar-refractivity contribution in [2.24, 2.45) is 11.7 Å². The van der Waals surface area contributed by atoms with E-state index in [4.69, 9.17) is 5.73 Å². The van der Waals surface area contributed by atoms with Gasteiger partial charge in [-0.15, -0.1) is 0 Å². The Bertz CT molecular complexity index is 1100. The fourth-order valence-corrected chi connectivity index (χ4v) is 4.57. The van der Waals surface area contributed by atoms with Crippen LogP contribution >= 0.6 is 0 Å². The zero-order valence-corrected chi connectivity index (χ0v) is 20.3. The monoisotopic (exact) mass is 496 g/mol. The summed E-state index contributed by atoms with van der Waals surface area (Å²) >= 11 is 0. The third-order valence-electron chi connectivity index (χ3n) is 6.62.